The molecular formula is C19H31N7O6. The summed E-state index contributed by atoms with van der Waals surface area (Å²) in [6.45, 7) is 6.32. The number of imidazole rings is 1. The minimum absolute atomic E-state index is 0.0733. The molecule has 0 saturated heterocycles. The highest BCUT2D eigenvalue weighted by Gasteiger charge is 2.29. The van der Waals surface area contributed by atoms with Gasteiger partial charge >= 0.3 is 5.97 Å². The number of aliphatic hydroxyl groups excluding tert-OH is 1. The van der Waals surface area contributed by atoms with Crippen LogP contribution < -0.4 is 22.3 Å². The lowest BCUT2D eigenvalue weighted by molar-refractivity contribution is -0.155. The van der Waals surface area contributed by atoms with E-state index in [2.05, 4.69) is 20.3 Å². The maximum atomic E-state index is 12.5. The average molecular weight is 454 g/mol. The van der Waals surface area contributed by atoms with Gasteiger partial charge in [0.15, 0.2) is 11.2 Å². The number of esters is 1. The number of H-pyrrole nitrogens is 1. The number of aliphatic hydroxyl groups is 1. The van der Waals surface area contributed by atoms with Crippen LogP contribution >= 0.6 is 0 Å². The number of nitrogen functional groups attached to an aromatic ring is 1. The molecule has 0 fully saturated rings. The largest absolute Gasteiger partial charge is 0.461 e. The van der Waals surface area contributed by atoms with Crippen LogP contribution in [0.15, 0.2) is 11.1 Å². The Labute approximate surface area is 184 Å². The molecule has 7 N–H and O–H groups in total. The number of nitrogens with one attached hydrogen (secondary N) is 2. The highest BCUT2D eigenvalue weighted by molar-refractivity contribution is 5.87. The molecule has 0 bridgehead atoms. The molecule has 13 heteroatoms. The van der Waals surface area contributed by atoms with E-state index < -0.39 is 42.2 Å². The Morgan fingerprint density at radius 2 is 1.97 bits per heavy atom. The van der Waals surface area contributed by atoms with E-state index in [9.17, 15) is 19.5 Å². The number of carbonyl (C=O) groups is 2. The molecule has 0 aromatic carbocycles. The van der Waals surface area contributed by atoms with Crippen LogP contribution in [0.2, 0.25) is 0 Å². The fourth-order valence-electron chi connectivity index (χ4n) is 2.72. The van der Waals surface area contributed by atoms with Gasteiger partial charge in [-0.3, -0.25) is 19.1 Å². The van der Waals surface area contributed by atoms with E-state index in [1.165, 1.54) is 10.9 Å². The van der Waals surface area contributed by atoms with Gasteiger partial charge in [0.2, 0.25) is 11.9 Å². The lowest BCUT2D eigenvalue weighted by Gasteiger charge is -2.25. The lowest BCUT2D eigenvalue weighted by Crippen LogP contribution is -2.52. The second kappa shape index (κ2) is 11.0. The zero-order valence-corrected chi connectivity index (χ0v) is 18.6. The molecule has 0 radical (unpaired) electrons. The van der Waals surface area contributed by atoms with Crippen LogP contribution in [-0.4, -0.2) is 67.9 Å². The van der Waals surface area contributed by atoms with Gasteiger partial charge in [-0.1, -0.05) is 27.7 Å². The van der Waals surface area contributed by atoms with E-state index in [4.69, 9.17) is 20.9 Å². The molecule has 32 heavy (non-hydrogen) atoms. The molecule has 178 valence electrons. The lowest BCUT2D eigenvalue weighted by atomic mass is 10.0. The first-order chi connectivity index (χ1) is 15.0. The van der Waals surface area contributed by atoms with E-state index in [1.807, 2.05) is 0 Å². The van der Waals surface area contributed by atoms with E-state index in [0.29, 0.717) is 0 Å². The second-order valence-electron chi connectivity index (χ2n) is 8.07. The number of carbonyl (C=O) groups excluding carboxylic acids is 2. The van der Waals surface area contributed by atoms with E-state index in [-0.39, 0.29) is 42.3 Å². The minimum Gasteiger partial charge on any atom is -0.461 e. The van der Waals surface area contributed by atoms with Gasteiger partial charge in [0.1, 0.15) is 25.5 Å². The Morgan fingerprint density at radius 1 is 1.28 bits per heavy atom. The standard InChI is InChI=1S/C19H31N7O6/c1-9(2)12(20)16(28)23-13(10(3)4)18(30)31-6-11(5-27)32-8-26-7-22-14-15(26)24-19(21)25-17(14)29/h7,9-13,27H,5-6,8,20H2,1-4H3,(H,23,28)(H3,21,24,25,29)/t11-,12-,13?/m0/s1. The highest BCUT2D eigenvalue weighted by Crippen LogP contribution is 2.09. The Hall–Kier alpha value is -3.03. The number of anilines is 1. The second-order valence-corrected chi connectivity index (χ2v) is 8.07. The first kappa shape index (κ1) is 25.2. The SMILES string of the molecule is CC(C)C(NC(=O)[C@@H](N)C(C)C)C(=O)OC[C@H](CO)OCn1cnc2c(=O)[nH]c(N)nc21. The molecule has 0 aliphatic heterocycles. The van der Waals surface area contributed by atoms with Crippen molar-refractivity contribution in [2.24, 2.45) is 17.6 Å². The van der Waals surface area contributed by atoms with Crippen LogP contribution in [0.3, 0.4) is 0 Å². The third kappa shape index (κ3) is 6.24. The molecule has 1 amide bonds. The summed E-state index contributed by atoms with van der Waals surface area (Å²) in [5.41, 5.74) is 11.2. The Balaban J connectivity index is 1.96. The van der Waals surface area contributed by atoms with Gasteiger partial charge in [-0.15, -0.1) is 0 Å². The smallest absolute Gasteiger partial charge is 0.328 e. The van der Waals surface area contributed by atoms with Gasteiger partial charge in [-0.2, -0.15) is 4.98 Å². The minimum atomic E-state index is -0.900. The average Bonchev–Trinajstić information content (AvgIpc) is 3.13. The number of fused-ring (bicyclic) bond motifs is 1. The predicted octanol–water partition coefficient (Wildman–Crippen LogP) is -1.30. The van der Waals surface area contributed by atoms with Crippen LogP contribution in [0.25, 0.3) is 11.2 Å². The van der Waals surface area contributed by atoms with Crippen LogP contribution in [-0.2, 0) is 25.8 Å². The number of aromatic nitrogens is 4. The maximum absolute atomic E-state index is 12.5. The van der Waals surface area contributed by atoms with Crippen molar-refractivity contribution < 1.29 is 24.2 Å². The van der Waals surface area contributed by atoms with Crippen molar-refractivity contribution in [3.05, 3.63) is 16.7 Å². The van der Waals surface area contributed by atoms with Gasteiger partial charge in [0, 0.05) is 0 Å². The molecule has 2 heterocycles. The summed E-state index contributed by atoms with van der Waals surface area (Å²) >= 11 is 0. The Bertz CT molecular complexity index is 986. The summed E-state index contributed by atoms with van der Waals surface area (Å²) in [4.78, 5) is 46.9. The van der Waals surface area contributed by atoms with Crippen molar-refractivity contribution in [1.82, 2.24) is 24.8 Å². The van der Waals surface area contributed by atoms with E-state index in [1.54, 1.807) is 27.7 Å². The number of rotatable bonds is 11. The summed E-state index contributed by atoms with van der Waals surface area (Å²) in [6.07, 6.45) is 0.479. The molecule has 2 aromatic heterocycles. The molecular weight excluding hydrogens is 422 g/mol. The van der Waals surface area contributed by atoms with Crippen molar-refractivity contribution in [1.29, 1.82) is 0 Å². The topological polar surface area (TPSA) is 200 Å². The summed E-state index contributed by atoms with van der Waals surface area (Å²) in [5.74, 6) is -1.52. The quantitative estimate of drug-likeness (QED) is 0.255. The number of hydrogen-bond acceptors (Lipinski definition) is 10. The first-order valence-electron chi connectivity index (χ1n) is 10.2. The number of hydrogen-bond donors (Lipinski definition) is 5. The van der Waals surface area contributed by atoms with Crippen molar-refractivity contribution in [3.8, 4) is 0 Å². The Kier molecular flexibility index (Phi) is 8.69. The summed E-state index contributed by atoms with van der Waals surface area (Å²) < 4.78 is 12.2. The summed E-state index contributed by atoms with van der Waals surface area (Å²) in [7, 11) is 0. The molecule has 0 aliphatic carbocycles. The van der Waals surface area contributed by atoms with Crippen LogP contribution in [0.5, 0.6) is 0 Å². The van der Waals surface area contributed by atoms with Crippen molar-refractivity contribution in [3.63, 3.8) is 0 Å². The zero-order valence-electron chi connectivity index (χ0n) is 18.6. The molecule has 0 saturated carbocycles. The van der Waals surface area contributed by atoms with E-state index >= 15 is 0 Å². The van der Waals surface area contributed by atoms with Crippen molar-refractivity contribution >= 4 is 29.0 Å². The Morgan fingerprint density at radius 3 is 2.56 bits per heavy atom. The molecule has 13 nitrogen and oxygen atoms in total. The number of nitrogens with two attached hydrogens (primary N) is 2. The predicted molar refractivity (Wildman–Crippen MR) is 115 cm³/mol. The summed E-state index contributed by atoms with van der Waals surface area (Å²) in [5, 5.41) is 12.2. The van der Waals surface area contributed by atoms with Crippen molar-refractivity contribution in [2.75, 3.05) is 18.9 Å². The van der Waals surface area contributed by atoms with Gasteiger partial charge in [-0.25, -0.2) is 9.78 Å². The number of amides is 1. The fraction of sp³-hybridized carbons (Fsp3) is 0.632. The maximum Gasteiger partial charge on any atom is 0.328 e. The normalized spacial score (nSPS) is 14.5. The first-order valence-corrected chi connectivity index (χ1v) is 10.2. The van der Waals surface area contributed by atoms with Gasteiger partial charge in [-0.05, 0) is 11.8 Å². The van der Waals surface area contributed by atoms with Crippen LogP contribution in [0.1, 0.15) is 27.7 Å². The van der Waals surface area contributed by atoms with Crippen LogP contribution in [0, 0.1) is 11.8 Å². The van der Waals surface area contributed by atoms with Crippen LogP contribution in [0.4, 0.5) is 5.95 Å². The highest BCUT2D eigenvalue weighted by atomic mass is 16.6. The molecule has 1 unspecified atom stereocenters. The number of aromatic amines is 1. The van der Waals surface area contributed by atoms with Gasteiger partial charge in [0.05, 0.1) is 19.0 Å². The fourth-order valence-corrected chi connectivity index (χ4v) is 2.72. The van der Waals surface area contributed by atoms with Gasteiger partial charge in [0.25, 0.3) is 5.56 Å². The molecule has 2 rings (SSSR count). The molecule has 3 atom stereocenters. The molecule has 0 aliphatic rings. The third-order valence-electron chi connectivity index (χ3n) is 4.80. The van der Waals surface area contributed by atoms with Gasteiger partial charge < -0.3 is 31.4 Å². The number of ether oxygens (including phenoxy) is 2. The molecule has 2 aromatic rings. The van der Waals surface area contributed by atoms with Crippen molar-refractivity contribution in [2.45, 2.75) is 52.6 Å². The molecule has 0 spiro atoms. The monoisotopic (exact) mass is 453 g/mol. The zero-order chi connectivity index (χ0) is 24.0. The van der Waals surface area contributed by atoms with E-state index in [0.717, 1.165) is 0 Å². The number of nitrogens with zero attached hydrogens (tertiary/aromatic N) is 3. The summed E-state index contributed by atoms with van der Waals surface area (Å²) in [6, 6.07) is -1.65. The third-order valence-corrected chi connectivity index (χ3v) is 4.80.